The summed E-state index contributed by atoms with van der Waals surface area (Å²) < 4.78 is 19.1. The van der Waals surface area contributed by atoms with Gasteiger partial charge in [-0.3, -0.25) is 0 Å². The Labute approximate surface area is 114 Å². The van der Waals surface area contributed by atoms with Gasteiger partial charge in [0.15, 0.2) is 0 Å². The van der Waals surface area contributed by atoms with Crippen LogP contribution in [0, 0.1) is 5.82 Å². The van der Waals surface area contributed by atoms with Crippen LogP contribution in [-0.2, 0) is 4.74 Å². The first-order valence-corrected chi connectivity index (χ1v) is 6.81. The molecule has 106 valence electrons. The Bertz CT molecular complexity index is 407. The normalized spacial score (nSPS) is 18.3. The Morgan fingerprint density at radius 1 is 1.47 bits per heavy atom. The van der Waals surface area contributed by atoms with Crippen molar-refractivity contribution in [3.63, 3.8) is 0 Å². The molecule has 1 N–H and O–H groups in total. The average molecular weight is 267 g/mol. The maximum absolute atomic E-state index is 13.3. The number of hydrogen-bond donors (Lipinski definition) is 1. The Hall–Kier alpha value is -1.20. The molecule has 5 heteroatoms. The molecule has 1 aromatic heterocycles. The summed E-state index contributed by atoms with van der Waals surface area (Å²) in [5.74, 6) is 0.428. The first-order chi connectivity index (χ1) is 9.19. The lowest BCUT2D eigenvalue weighted by atomic mass is 9.91. The average Bonchev–Trinajstić information content (AvgIpc) is 2.46. The summed E-state index contributed by atoms with van der Waals surface area (Å²) in [5.41, 5.74) is -0.157. The van der Waals surface area contributed by atoms with E-state index in [9.17, 15) is 4.39 Å². The number of anilines is 1. The highest BCUT2D eigenvalue weighted by Gasteiger charge is 2.34. The molecule has 1 saturated heterocycles. The number of aromatic nitrogens is 1. The van der Waals surface area contributed by atoms with Gasteiger partial charge in [0.25, 0.3) is 0 Å². The molecule has 4 nitrogen and oxygen atoms in total. The van der Waals surface area contributed by atoms with Crippen LogP contribution >= 0.6 is 0 Å². The second-order valence-corrected chi connectivity index (χ2v) is 4.98. The molecule has 2 heterocycles. The number of piperidine rings is 1. The lowest BCUT2D eigenvalue weighted by molar-refractivity contribution is -0.0273. The highest BCUT2D eigenvalue weighted by atomic mass is 19.1. The molecular formula is C14H22FN3O. The monoisotopic (exact) mass is 267 g/mol. The summed E-state index contributed by atoms with van der Waals surface area (Å²) >= 11 is 0. The smallest absolute Gasteiger partial charge is 0.131 e. The van der Waals surface area contributed by atoms with Crippen LogP contribution in [0.25, 0.3) is 0 Å². The minimum absolute atomic E-state index is 0.157. The molecule has 2 rings (SSSR count). The highest BCUT2D eigenvalue weighted by Crippen LogP contribution is 2.25. The summed E-state index contributed by atoms with van der Waals surface area (Å²) in [6.07, 6.45) is 3.44. The van der Waals surface area contributed by atoms with E-state index in [0.717, 1.165) is 39.0 Å². The topological polar surface area (TPSA) is 37.4 Å². The van der Waals surface area contributed by atoms with E-state index in [1.165, 1.54) is 18.3 Å². The van der Waals surface area contributed by atoms with Gasteiger partial charge in [0, 0.05) is 32.5 Å². The first kappa shape index (κ1) is 14.2. The van der Waals surface area contributed by atoms with E-state index >= 15 is 0 Å². The van der Waals surface area contributed by atoms with Gasteiger partial charge in [-0.15, -0.1) is 0 Å². The molecule has 1 aliphatic rings. The van der Waals surface area contributed by atoms with Gasteiger partial charge >= 0.3 is 0 Å². The molecule has 1 fully saturated rings. The number of hydrogen-bond acceptors (Lipinski definition) is 4. The van der Waals surface area contributed by atoms with E-state index < -0.39 is 0 Å². The quantitative estimate of drug-likeness (QED) is 0.883. The molecule has 0 unspecified atom stereocenters. The fraction of sp³-hybridized carbons (Fsp3) is 0.643. The van der Waals surface area contributed by atoms with Gasteiger partial charge in [-0.1, -0.05) is 0 Å². The lowest BCUT2D eigenvalue weighted by Crippen LogP contribution is -2.51. The van der Waals surface area contributed by atoms with Crippen molar-refractivity contribution < 1.29 is 9.13 Å². The van der Waals surface area contributed by atoms with E-state index in [-0.39, 0.29) is 11.4 Å². The summed E-state index contributed by atoms with van der Waals surface area (Å²) in [5, 5.41) is 3.34. The van der Waals surface area contributed by atoms with Crippen LogP contribution in [0.1, 0.15) is 19.8 Å². The SMILES string of the molecule is CCN(CC1(OC)CCNCC1)c1cc(F)ccn1. The number of methoxy groups -OCH3 is 1. The van der Waals surface area contributed by atoms with Crippen LogP contribution in [-0.4, -0.2) is 43.9 Å². The summed E-state index contributed by atoms with van der Waals surface area (Å²) in [4.78, 5) is 6.34. The highest BCUT2D eigenvalue weighted by molar-refractivity contribution is 5.38. The van der Waals surface area contributed by atoms with Gasteiger partial charge in [-0.25, -0.2) is 9.37 Å². The number of nitrogens with zero attached hydrogens (tertiary/aromatic N) is 2. The Balaban J connectivity index is 2.13. The van der Waals surface area contributed by atoms with Crippen molar-refractivity contribution in [3.05, 3.63) is 24.1 Å². The molecule has 0 bridgehead atoms. The maximum Gasteiger partial charge on any atom is 0.131 e. The molecule has 0 spiro atoms. The van der Waals surface area contributed by atoms with Gasteiger partial charge < -0.3 is 15.0 Å². The number of halogens is 1. The van der Waals surface area contributed by atoms with Gasteiger partial charge in [0.1, 0.15) is 11.6 Å². The van der Waals surface area contributed by atoms with Crippen molar-refractivity contribution >= 4 is 5.82 Å². The van der Waals surface area contributed by atoms with E-state index in [0.29, 0.717) is 5.82 Å². The van der Waals surface area contributed by atoms with E-state index in [1.54, 1.807) is 7.11 Å². The van der Waals surface area contributed by atoms with Gasteiger partial charge in [0.05, 0.1) is 5.60 Å². The van der Waals surface area contributed by atoms with Crippen molar-refractivity contribution in [3.8, 4) is 0 Å². The number of rotatable bonds is 5. The molecule has 0 aliphatic carbocycles. The van der Waals surface area contributed by atoms with Crippen molar-refractivity contribution in [1.82, 2.24) is 10.3 Å². The Morgan fingerprint density at radius 3 is 2.79 bits per heavy atom. The molecule has 1 aliphatic heterocycles. The van der Waals surface area contributed by atoms with Gasteiger partial charge in [-0.2, -0.15) is 0 Å². The zero-order valence-corrected chi connectivity index (χ0v) is 11.7. The zero-order valence-electron chi connectivity index (χ0n) is 11.7. The molecule has 0 amide bonds. The summed E-state index contributed by atoms with van der Waals surface area (Å²) in [6.45, 7) is 5.51. The van der Waals surface area contributed by atoms with E-state index in [1.807, 2.05) is 0 Å². The first-order valence-electron chi connectivity index (χ1n) is 6.81. The van der Waals surface area contributed by atoms with Gasteiger partial charge in [0.2, 0.25) is 0 Å². The van der Waals surface area contributed by atoms with Crippen LogP contribution in [0.3, 0.4) is 0 Å². The molecule has 1 aromatic rings. The van der Waals surface area contributed by atoms with Crippen molar-refractivity contribution in [2.75, 3.05) is 38.2 Å². The standard InChI is InChI=1S/C14H22FN3O/c1-3-18(13-10-12(15)4-7-17-13)11-14(19-2)5-8-16-9-6-14/h4,7,10,16H,3,5-6,8-9,11H2,1-2H3. The number of likely N-dealkylation sites (N-methyl/N-ethyl adjacent to an activating group) is 1. The molecule has 0 radical (unpaired) electrons. The van der Waals surface area contributed by atoms with E-state index in [4.69, 9.17) is 4.74 Å². The summed E-state index contributed by atoms with van der Waals surface area (Å²) in [6, 6.07) is 2.85. The largest absolute Gasteiger partial charge is 0.376 e. The van der Waals surface area contributed by atoms with Crippen molar-refractivity contribution in [2.45, 2.75) is 25.4 Å². The molecular weight excluding hydrogens is 245 g/mol. The fourth-order valence-corrected chi connectivity index (χ4v) is 2.58. The fourth-order valence-electron chi connectivity index (χ4n) is 2.58. The van der Waals surface area contributed by atoms with Crippen molar-refractivity contribution in [2.24, 2.45) is 0 Å². The van der Waals surface area contributed by atoms with Crippen LogP contribution in [0.15, 0.2) is 18.3 Å². The minimum atomic E-state index is -0.250. The lowest BCUT2D eigenvalue weighted by Gasteiger charge is -2.40. The molecule has 0 aromatic carbocycles. The Kier molecular flexibility index (Phi) is 4.71. The van der Waals surface area contributed by atoms with Crippen molar-refractivity contribution in [1.29, 1.82) is 0 Å². The second kappa shape index (κ2) is 6.30. The minimum Gasteiger partial charge on any atom is -0.376 e. The van der Waals surface area contributed by atoms with Crippen LogP contribution < -0.4 is 10.2 Å². The van der Waals surface area contributed by atoms with Crippen LogP contribution in [0.4, 0.5) is 10.2 Å². The van der Waals surface area contributed by atoms with Crippen LogP contribution in [0.2, 0.25) is 0 Å². The predicted molar refractivity (Wildman–Crippen MR) is 73.9 cm³/mol. The summed E-state index contributed by atoms with van der Waals surface area (Å²) in [7, 11) is 1.76. The van der Waals surface area contributed by atoms with Crippen LogP contribution in [0.5, 0.6) is 0 Å². The van der Waals surface area contributed by atoms with Gasteiger partial charge in [-0.05, 0) is 38.9 Å². The predicted octanol–water partition coefficient (Wildman–Crippen LogP) is 1.82. The van der Waals surface area contributed by atoms with E-state index in [2.05, 4.69) is 22.1 Å². The number of nitrogens with one attached hydrogen (secondary N) is 1. The molecule has 0 atom stereocenters. The number of ether oxygens (including phenoxy) is 1. The third kappa shape index (κ3) is 3.42. The Morgan fingerprint density at radius 2 is 2.21 bits per heavy atom. The second-order valence-electron chi connectivity index (χ2n) is 4.98. The third-order valence-corrected chi connectivity index (χ3v) is 3.84. The molecule has 0 saturated carbocycles. The molecule has 19 heavy (non-hydrogen) atoms. The number of pyridine rings is 1. The third-order valence-electron chi connectivity index (χ3n) is 3.84. The zero-order chi connectivity index (χ0) is 13.7. The maximum atomic E-state index is 13.3.